The molecule has 0 saturated carbocycles. The van der Waals surface area contributed by atoms with Crippen LogP contribution in [0.2, 0.25) is 0 Å². The third-order valence-electron chi connectivity index (χ3n) is 4.74. The van der Waals surface area contributed by atoms with Gasteiger partial charge in [-0.3, -0.25) is 39.7 Å². The second kappa shape index (κ2) is 10.2. The Labute approximate surface area is 187 Å². The summed E-state index contributed by atoms with van der Waals surface area (Å²) in [6.07, 6.45) is -0.243. The molecule has 1 saturated heterocycles. The van der Waals surface area contributed by atoms with Crippen LogP contribution in [0.4, 0.5) is 11.4 Å². The number of benzene rings is 2. The number of nitrogens with zero attached hydrogens (tertiary/aromatic N) is 2. The number of hydrogen-bond acceptors (Lipinski definition) is 8. The Morgan fingerprint density at radius 1 is 1.18 bits per heavy atom. The van der Waals surface area contributed by atoms with Crippen molar-refractivity contribution in [1.29, 1.82) is 0 Å². The summed E-state index contributed by atoms with van der Waals surface area (Å²) in [5.41, 5.74) is 2.09. The summed E-state index contributed by atoms with van der Waals surface area (Å²) in [6.45, 7) is -0.759. The SMILES string of the molecule is COc1cccc(NC(=O)COC(=O)[C@@H]2CC(=O)N(NC(=O)c3ccccc3[N+](=O)[O-])C2)c1. The molecule has 1 aliphatic rings. The van der Waals surface area contributed by atoms with E-state index in [-0.39, 0.29) is 18.5 Å². The van der Waals surface area contributed by atoms with E-state index in [1.54, 1.807) is 24.3 Å². The number of esters is 1. The van der Waals surface area contributed by atoms with Crippen molar-refractivity contribution < 1.29 is 33.6 Å². The predicted molar refractivity (Wildman–Crippen MR) is 113 cm³/mol. The highest BCUT2D eigenvalue weighted by atomic mass is 16.6. The number of nitrogens with one attached hydrogen (secondary N) is 2. The van der Waals surface area contributed by atoms with Crippen molar-refractivity contribution in [2.24, 2.45) is 5.92 Å². The minimum atomic E-state index is -0.909. The molecule has 12 heteroatoms. The summed E-state index contributed by atoms with van der Waals surface area (Å²) in [5, 5.41) is 14.5. The number of anilines is 1. The van der Waals surface area contributed by atoms with E-state index in [0.717, 1.165) is 11.1 Å². The molecule has 1 aliphatic heterocycles. The van der Waals surface area contributed by atoms with Gasteiger partial charge in [0.15, 0.2) is 6.61 Å². The summed E-state index contributed by atoms with van der Waals surface area (Å²) in [7, 11) is 1.48. The third-order valence-corrected chi connectivity index (χ3v) is 4.74. The molecule has 12 nitrogen and oxygen atoms in total. The molecule has 0 radical (unpaired) electrons. The van der Waals surface area contributed by atoms with Gasteiger partial charge >= 0.3 is 5.97 Å². The molecule has 2 aromatic carbocycles. The Morgan fingerprint density at radius 2 is 1.94 bits per heavy atom. The number of rotatable bonds is 8. The number of nitro benzene ring substituents is 1. The van der Waals surface area contributed by atoms with Gasteiger partial charge in [-0.25, -0.2) is 0 Å². The van der Waals surface area contributed by atoms with Crippen LogP contribution in [0, 0.1) is 16.0 Å². The van der Waals surface area contributed by atoms with Crippen LogP contribution in [0.25, 0.3) is 0 Å². The van der Waals surface area contributed by atoms with Gasteiger partial charge in [-0.15, -0.1) is 0 Å². The number of hydrogen-bond donors (Lipinski definition) is 2. The largest absolute Gasteiger partial charge is 0.497 e. The van der Waals surface area contributed by atoms with Crippen LogP contribution in [-0.4, -0.2) is 53.9 Å². The van der Waals surface area contributed by atoms with Crippen molar-refractivity contribution in [1.82, 2.24) is 10.4 Å². The second-order valence-corrected chi connectivity index (χ2v) is 7.01. The summed E-state index contributed by atoms with van der Waals surface area (Å²) in [5.74, 6) is -3.16. The van der Waals surface area contributed by atoms with E-state index in [1.807, 2.05) is 0 Å². The zero-order chi connectivity index (χ0) is 24.0. The van der Waals surface area contributed by atoms with Gasteiger partial charge in [-0.2, -0.15) is 0 Å². The number of carbonyl (C=O) groups is 4. The number of ether oxygens (including phenoxy) is 2. The van der Waals surface area contributed by atoms with E-state index in [2.05, 4.69) is 10.7 Å². The average molecular weight is 456 g/mol. The van der Waals surface area contributed by atoms with Crippen molar-refractivity contribution in [3.8, 4) is 5.75 Å². The molecular weight excluding hydrogens is 436 g/mol. The molecule has 33 heavy (non-hydrogen) atoms. The lowest BCUT2D eigenvalue weighted by molar-refractivity contribution is -0.385. The standard InChI is InChI=1S/C21H20N4O8/c1-32-15-6-4-5-14(10-15)22-18(26)12-33-21(29)13-9-19(27)24(11-13)23-20(28)16-7-2-3-8-17(16)25(30)31/h2-8,10,13H,9,11-12H2,1H3,(H,22,26)(H,23,28)/t13-/m1/s1. The molecule has 172 valence electrons. The fourth-order valence-electron chi connectivity index (χ4n) is 3.13. The number of nitro groups is 1. The Hall–Kier alpha value is -4.48. The molecule has 1 heterocycles. The Balaban J connectivity index is 1.52. The molecule has 3 amide bonds. The van der Waals surface area contributed by atoms with Crippen molar-refractivity contribution in [3.63, 3.8) is 0 Å². The third kappa shape index (κ3) is 5.81. The zero-order valence-electron chi connectivity index (χ0n) is 17.5. The number of carbonyl (C=O) groups excluding carboxylic acids is 4. The average Bonchev–Trinajstić information content (AvgIpc) is 3.17. The minimum Gasteiger partial charge on any atom is -0.497 e. The summed E-state index contributed by atoms with van der Waals surface area (Å²) in [6, 6.07) is 11.9. The first kappa shape index (κ1) is 23.2. The van der Waals surface area contributed by atoms with Crippen molar-refractivity contribution in [2.45, 2.75) is 6.42 Å². The number of methoxy groups -OCH3 is 1. The fourth-order valence-corrected chi connectivity index (χ4v) is 3.13. The summed E-state index contributed by atoms with van der Waals surface area (Å²) in [4.78, 5) is 59.3. The smallest absolute Gasteiger partial charge is 0.311 e. The second-order valence-electron chi connectivity index (χ2n) is 7.01. The number of para-hydroxylation sites is 1. The molecule has 0 unspecified atom stereocenters. The highest BCUT2D eigenvalue weighted by Gasteiger charge is 2.37. The highest BCUT2D eigenvalue weighted by molar-refractivity contribution is 5.99. The maximum atomic E-state index is 12.4. The van der Waals surface area contributed by atoms with Crippen molar-refractivity contribution >= 4 is 35.1 Å². The Bertz CT molecular complexity index is 1100. The maximum Gasteiger partial charge on any atom is 0.311 e. The van der Waals surface area contributed by atoms with Gasteiger partial charge in [-0.1, -0.05) is 18.2 Å². The van der Waals surface area contributed by atoms with Crippen molar-refractivity contribution in [2.75, 3.05) is 25.6 Å². The van der Waals surface area contributed by atoms with Gasteiger partial charge in [0.05, 0.1) is 24.5 Å². The monoisotopic (exact) mass is 456 g/mol. The van der Waals surface area contributed by atoms with Gasteiger partial charge in [-0.05, 0) is 18.2 Å². The molecule has 0 aliphatic carbocycles. The zero-order valence-corrected chi connectivity index (χ0v) is 17.5. The lowest BCUT2D eigenvalue weighted by Gasteiger charge is -2.17. The molecule has 0 spiro atoms. The van der Waals surface area contributed by atoms with Crippen LogP contribution in [0.1, 0.15) is 16.8 Å². The first-order chi connectivity index (χ1) is 15.8. The molecule has 2 aromatic rings. The van der Waals surface area contributed by atoms with E-state index in [9.17, 15) is 29.3 Å². The molecular formula is C21H20N4O8. The Morgan fingerprint density at radius 3 is 2.67 bits per heavy atom. The normalized spacial score (nSPS) is 15.0. The minimum absolute atomic E-state index is 0.193. The van der Waals surface area contributed by atoms with Crippen LogP contribution in [0.15, 0.2) is 48.5 Å². The van der Waals surface area contributed by atoms with Crippen LogP contribution >= 0.6 is 0 Å². The molecule has 0 aromatic heterocycles. The summed E-state index contributed by atoms with van der Waals surface area (Å²) < 4.78 is 10.0. The van der Waals surface area contributed by atoms with E-state index < -0.39 is 46.8 Å². The molecule has 0 bridgehead atoms. The quantitative estimate of drug-likeness (QED) is 0.342. The molecule has 1 atom stereocenters. The van der Waals surface area contributed by atoms with Crippen LogP contribution in [0.3, 0.4) is 0 Å². The summed E-state index contributed by atoms with van der Waals surface area (Å²) >= 11 is 0. The van der Waals surface area contributed by atoms with Gasteiger partial charge in [0, 0.05) is 24.2 Å². The van der Waals surface area contributed by atoms with Gasteiger partial charge < -0.3 is 14.8 Å². The van der Waals surface area contributed by atoms with E-state index in [4.69, 9.17) is 9.47 Å². The Kier molecular flexibility index (Phi) is 7.18. The van der Waals surface area contributed by atoms with Crippen LogP contribution in [0.5, 0.6) is 5.75 Å². The lowest BCUT2D eigenvalue weighted by atomic mass is 10.1. The van der Waals surface area contributed by atoms with E-state index >= 15 is 0 Å². The maximum absolute atomic E-state index is 12.4. The topological polar surface area (TPSA) is 157 Å². The lowest BCUT2D eigenvalue weighted by Crippen LogP contribution is -2.43. The van der Waals surface area contributed by atoms with Gasteiger partial charge in [0.1, 0.15) is 11.3 Å². The highest BCUT2D eigenvalue weighted by Crippen LogP contribution is 2.21. The molecule has 1 fully saturated rings. The fraction of sp³-hybridized carbons (Fsp3) is 0.238. The van der Waals surface area contributed by atoms with E-state index in [0.29, 0.717) is 11.4 Å². The van der Waals surface area contributed by atoms with Gasteiger partial charge in [0.25, 0.3) is 17.5 Å². The first-order valence-electron chi connectivity index (χ1n) is 9.73. The van der Waals surface area contributed by atoms with Gasteiger partial charge in [0.2, 0.25) is 5.91 Å². The van der Waals surface area contributed by atoms with E-state index in [1.165, 1.54) is 25.3 Å². The predicted octanol–water partition coefficient (Wildman–Crippen LogP) is 1.28. The first-order valence-corrected chi connectivity index (χ1v) is 9.73. The molecule has 2 N–H and O–H groups in total. The van der Waals surface area contributed by atoms with Crippen LogP contribution < -0.4 is 15.5 Å². The number of hydrazine groups is 1. The number of amides is 3. The van der Waals surface area contributed by atoms with Crippen LogP contribution in [-0.2, 0) is 19.1 Å². The molecule has 3 rings (SSSR count). The van der Waals surface area contributed by atoms with Crippen molar-refractivity contribution in [3.05, 3.63) is 64.2 Å².